The van der Waals surface area contributed by atoms with Crippen LogP contribution in [0.3, 0.4) is 0 Å². The van der Waals surface area contributed by atoms with Crippen molar-refractivity contribution in [2.75, 3.05) is 13.2 Å². The Morgan fingerprint density at radius 3 is 3.03 bits per heavy atom. The van der Waals surface area contributed by atoms with E-state index in [1.807, 2.05) is 37.6 Å². The fourth-order valence-electron chi connectivity index (χ4n) is 4.24. The van der Waals surface area contributed by atoms with Gasteiger partial charge >= 0.3 is 5.69 Å². The van der Waals surface area contributed by atoms with E-state index >= 15 is 0 Å². The largest absolute Gasteiger partial charge is 0.484 e. The molecule has 0 amide bonds. The molecule has 1 aromatic carbocycles. The molecule has 3 aromatic heterocycles. The van der Waals surface area contributed by atoms with Crippen LogP contribution in [0.5, 0.6) is 17.5 Å². The number of nitrogens with zero attached hydrogens (tertiary/aromatic N) is 5. The average molecular weight is 443 g/mol. The summed E-state index contributed by atoms with van der Waals surface area (Å²) in [5.74, 6) is 1.32. The highest BCUT2D eigenvalue weighted by Gasteiger charge is 2.24. The zero-order valence-electron chi connectivity index (χ0n) is 18.0. The smallest absolute Gasteiger partial charge is 0.351 e. The molecule has 0 fully saturated rings. The van der Waals surface area contributed by atoms with Crippen LogP contribution in [0.2, 0.25) is 0 Å². The highest BCUT2D eigenvalue weighted by molar-refractivity contribution is 5.73. The number of benzene rings is 1. The molecule has 2 aliphatic heterocycles. The maximum Gasteiger partial charge on any atom is 0.351 e. The van der Waals surface area contributed by atoms with Crippen molar-refractivity contribution in [3.63, 3.8) is 0 Å². The maximum atomic E-state index is 12.7. The lowest BCUT2D eigenvalue weighted by Crippen LogP contribution is -2.35. The fourth-order valence-corrected chi connectivity index (χ4v) is 4.24. The van der Waals surface area contributed by atoms with Crippen LogP contribution < -0.4 is 19.9 Å². The molecule has 0 bridgehead atoms. The Morgan fingerprint density at radius 1 is 1.21 bits per heavy atom. The molecule has 0 spiro atoms. The Labute approximate surface area is 189 Å². The van der Waals surface area contributed by atoms with Gasteiger partial charge in [-0.3, -0.25) is 9.25 Å². The number of rotatable bonds is 4. The van der Waals surface area contributed by atoms with Gasteiger partial charge in [0.15, 0.2) is 11.9 Å². The number of aryl methyl sites for hydroxylation is 2. The molecule has 166 valence electrons. The van der Waals surface area contributed by atoms with Gasteiger partial charge in [-0.05, 0) is 29.7 Å². The lowest BCUT2D eigenvalue weighted by molar-refractivity contribution is 0.0473. The molecular weight excluding hydrogens is 422 g/mol. The molecule has 1 atom stereocenters. The summed E-state index contributed by atoms with van der Waals surface area (Å²) in [4.78, 5) is 21.0. The molecule has 1 unspecified atom stereocenters. The van der Waals surface area contributed by atoms with Gasteiger partial charge in [-0.1, -0.05) is 18.2 Å². The van der Waals surface area contributed by atoms with Gasteiger partial charge in [0.1, 0.15) is 13.2 Å². The summed E-state index contributed by atoms with van der Waals surface area (Å²) in [5, 5.41) is 4.26. The maximum absolute atomic E-state index is 12.7. The van der Waals surface area contributed by atoms with Gasteiger partial charge in [0.25, 0.3) is 5.88 Å². The van der Waals surface area contributed by atoms with E-state index in [2.05, 4.69) is 27.2 Å². The summed E-state index contributed by atoms with van der Waals surface area (Å²) in [6, 6.07) is 11.7. The SMILES string of the molecule is Cn1cc(-c2ccc3c(c2)CCn2c-3cc(OCC3COc4cccnc4O3)nc2=O)cn1. The number of hydrogen-bond donors (Lipinski definition) is 0. The van der Waals surface area contributed by atoms with Crippen molar-refractivity contribution in [2.45, 2.75) is 19.1 Å². The van der Waals surface area contributed by atoms with Crippen molar-refractivity contribution in [1.29, 1.82) is 0 Å². The molecule has 2 aliphatic rings. The summed E-state index contributed by atoms with van der Waals surface area (Å²) < 4.78 is 20.8. The van der Waals surface area contributed by atoms with Crippen molar-refractivity contribution in [1.82, 2.24) is 24.3 Å². The molecule has 33 heavy (non-hydrogen) atoms. The average Bonchev–Trinajstić information content (AvgIpc) is 3.28. The van der Waals surface area contributed by atoms with Crippen molar-refractivity contribution in [3.05, 3.63) is 71.0 Å². The molecule has 9 nitrogen and oxygen atoms in total. The van der Waals surface area contributed by atoms with E-state index in [9.17, 15) is 4.79 Å². The zero-order chi connectivity index (χ0) is 22.4. The highest BCUT2D eigenvalue weighted by atomic mass is 16.6. The minimum atomic E-state index is -0.345. The third-order valence-corrected chi connectivity index (χ3v) is 5.87. The van der Waals surface area contributed by atoms with Crippen LogP contribution in [0.4, 0.5) is 0 Å². The highest BCUT2D eigenvalue weighted by Crippen LogP contribution is 2.33. The molecule has 0 saturated heterocycles. The standard InChI is InChI=1S/C24H21N5O4/c1-28-12-17(11-26-28)15-4-5-19-16(9-15)6-8-29-20(19)10-22(27-24(29)30)32-14-18-13-31-21-3-2-7-25-23(21)33-18/h2-5,7,9-12,18H,6,8,13-14H2,1H3. The summed E-state index contributed by atoms with van der Waals surface area (Å²) in [6.07, 6.45) is 5.91. The summed E-state index contributed by atoms with van der Waals surface area (Å²) in [6.45, 7) is 1.11. The first-order valence-corrected chi connectivity index (χ1v) is 10.8. The predicted molar refractivity (Wildman–Crippen MR) is 119 cm³/mol. The van der Waals surface area contributed by atoms with Crippen LogP contribution in [0.25, 0.3) is 22.4 Å². The van der Waals surface area contributed by atoms with E-state index in [-0.39, 0.29) is 24.3 Å². The van der Waals surface area contributed by atoms with Gasteiger partial charge in [-0.25, -0.2) is 9.78 Å². The Bertz CT molecular complexity index is 1410. The third-order valence-electron chi connectivity index (χ3n) is 5.87. The normalized spacial score (nSPS) is 16.1. The molecule has 0 saturated carbocycles. The Kier molecular flexibility index (Phi) is 4.60. The summed E-state index contributed by atoms with van der Waals surface area (Å²) >= 11 is 0. The first-order valence-electron chi connectivity index (χ1n) is 10.8. The number of aromatic nitrogens is 5. The quantitative estimate of drug-likeness (QED) is 0.478. The van der Waals surface area contributed by atoms with Crippen LogP contribution in [0.1, 0.15) is 5.56 Å². The minimum Gasteiger partial charge on any atom is -0.484 e. The molecular formula is C24H21N5O4. The number of fused-ring (bicyclic) bond motifs is 4. The second-order valence-corrected chi connectivity index (χ2v) is 8.11. The predicted octanol–water partition coefficient (Wildman–Crippen LogP) is 2.48. The number of ether oxygens (including phenoxy) is 3. The lowest BCUT2D eigenvalue weighted by Gasteiger charge is -2.25. The van der Waals surface area contributed by atoms with Gasteiger partial charge in [0, 0.05) is 43.2 Å². The summed E-state index contributed by atoms with van der Waals surface area (Å²) in [5.41, 5.74) is 4.83. The van der Waals surface area contributed by atoms with Crippen molar-refractivity contribution >= 4 is 0 Å². The first-order chi connectivity index (χ1) is 16.1. The van der Waals surface area contributed by atoms with Crippen LogP contribution in [-0.4, -0.2) is 43.6 Å². The minimum absolute atomic E-state index is 0.193. The van der Waals surface area contributed by atoms with Crippen molar-refractivity contribution in [2.24, 2.45) is 7.05 Å². The van der Waals surface area contributed by atoms with Crippen LogP contribution in [0, 0.1) is 0 Å². The number of pyridine rings is 1. The second kappa shape index (κ2) is 7.77. The van der Waals surface area contributed by atoms with Gasteiger partial charge in [-0.2, -0.15) is 10.1 Å². The van der Waals surface area contributed by atoms with E-state index in [1.165, 1.54) is 5.56 Å². The molecule has 6 rings (SSSR count). The first kappa shape index (κ1) is 19.5. The topological polar surface area (TPSA) is 93.3 Å². The lowest BCUT2D eigenvalue weighted by atomic mass is 9.94. The van der Waals surface area contributed by atoms with E-state index in [1.54, 1.807) is 21.5 Å². The summed E-state index contributed by atoms with van der Waals surface area (Å²) in [7, 11) is 1.90. The van der Waals surface area contributed by atoms with E-state index in [4.69, 9.17) is 14.2 Å². The fraction of sp³-hybridized carbons (Fsp3) is 0.250. The van der Waals surface area contributed by atoms with E-state index in [0.29, 0.717) is 24.8 Å². The van der Waals surface area contributed by atoms with E-state index in [0.717, 1.165) is 28.8 Å². The van der Waals surface area contributed by atoms with Gasteiger partial charge in [-0.15, -0.1) is 0 Å². The Hall–Kier alpha value is -4.14. The molecule has 9 heteroatoms. The van der Waals surface area contributed by atoms with Gasteiger partial charge < -0.3 is 14.2 Å². The molecule has 0 N–H and O–H groups in total. The third kappa shape index (κ3) is 3.61. The van der Waals surface area contributed by atoms with Crippen LogP contribution in [-0.2, 0) is 20.0 Å². The van der Waals surface area contributed by atoms with Crippen LogP contribution in [0.15, 0.2) is 59.8 Å². The van der Waals surface area contributed by atoms with E-state index < -0.39 is 0 Å². The van der Waals surface area contributed by atoms with Crippen LogP contribution >= 0.6 is 0 Å². The Balaban J connectivity index is 1.25. The Morgan fingerprint density at radius 2 is 2.15 bits per heavy atom. The van der Waals surface area contributed by atoms with Crippen molar-refractivity contribution < 1.29 is 14.2 Å². The second-order valence-electron chi connectivity index (χ2n) is 8.11. The zero-order valence-corrected chi connectivity index (χ0v) is 18.0. The van der Waals surface area contributed by atoms with Crippen molar-refractivity contribution in [3.8, 4) is 39.9 Å². The monoisotopic (exact) mass is 443 g/mol. The molecule has 5 heterocycles. The number of hydrogen-bond acceptors (Lipinski definition) is 7. The molecule has 0 radical (unpaired) electrons. The molecule has 0 aliphatic carbocycles. The van der Waals surface area contributed by atoms with Gasteiger partial charge in [0.05, 0.1) is 11.9 Å². The van der Waals surface area contributed by atoms with Gasteiger partial charge in [0.2, 0.25) is 5.88 Å². The molecule has 4 aromatic rings.